The summed E-state index contributed by atoms with van der Waals surface area (Å²) in [7, 11) is 1.93. The van der Waals surface area contributed by atoms with Crippen LogP contribution in [0.25, 0.3) is 0 Å². The Labute approximate surface area is 110 Å². The molecular formula is C13H17BrFNO. The number of benzene rings is 1. The zero-order chi connectivity index (χ0) is 12.3. The summed E-state index contributed by atoms with van der Waals surface area (Å²) < 4.78 is 19.7. The summed E-state index contributed by atoms with van der Waals surface area (Å²) in [6.45, 7) is 0.840. The minimum atomic E-state index is -0.204. The lowest BCUT2D eigenvalue weighted by Gasteiger charge is -2.23. The fraction of sp³-hybridized carbons (Fsp3) is 0.538. The summed E-state index contributed by atoms with van der Waals surface area (Å²) in [5, 5.41) is 3.27. The topological polar surface area (TPSA) is 21.3 Å². The molecule has 0 radical (unpaired) electrons. The number of ether oxygens (including phenoxy) is 1. The molecule has 1 aromatic rings. The molecule has 1 aromatic carbocycles. The van der Waals surface area contributed by atoms with Crippen molar-refractivity contribution >= 4 is 15.9 Å². The van der Waals surface area contributed by atoms with Gasteiger partial charge in [0.25, 0.3) is 0 Å². The van der Waals surface area contributed by atoms with E-state index < -0.39 is 0 Å². The molecule has 4 heteroatoms. The largest absolute Gasteiger partial charge is 0.377 e. The normalized spacial score (nSPS) is 21.7. The molecule has 1 heterocycles. The molecule has 94 valence electrons. The standard InChI is InChI=1S/C13H17BrFNO/c1-16-11(12-6-3-7-17-12)8-9-4-2-5-10(15)13(9)14/h2,4-5,11-12,16H,3,6-8H2,1H3. The number of hydrogen-bond donors (Lipinski definition) is 1. The van der Waals surface area contributed by atoms with Crippen LogP contribution in [-0.2, 0) is 11.2 Å². The highest BCUT2D eigenvalue weighted by Crippen LogP contribution is 2.24. The number of nitrogens with one attached hydrogen (secondary N) is 1. The zero-order valence-electron chi connectivity index (χ0n) is 9.88. The zero-order valence-corrected chi connectivity index (χ0v) is 11.5. The fourth-order valence-electron chi connectivity index (χ4n) is 2.28. The first-order valence-corrected chi connectivity index (χ1v) is 6.73. The Hall–Kier alpha value is -0.450. The molecule has 2 rings (SSSR count). The fourth-order valence-corrected chi connectivity index (χ4v) is 2.71. The molecule has 2 unspecified atom stereocenters. The van der Waals surface area contributed by atoms with Crippen LogP contribution in [0.4, 0.5) is 4.39 Å². The maximum absolute atomic E-state index is 13.4. The van der Waals surface area contributed by atoms with Crippen molar-refractivity contribution in [3.05, 3.63) is 34.1 Å². The van der Waals surface area contributed by atoms with Gasteiger partial charge in [-0.15, -0.1) is 0 Å². The van der Waals surface area contributed by atoms with Gasteiger partial charge in [0.2, 0.25) is 0 Å². The van der Waals surface area contributed by atoms with Gasteiger partial charge in [-0.1, -0.05) is 12.1 Å². The summed E-state index contributed by atoms with van der Waals surface area (Å²) in [5.74, 6) is -0.204. The Kier molecular flexibility index (Phi) is 4.54. The molecule has 0 aliphatic carbocycles. The van der Waals surface area contributed by atoms with E-state index in [1.165, 1.54) is 6.07 Å². The van der Waals surface area contributed by atoms with Crippen molar-refractivity contribution in [2.24, 2.45) is 0 Å². The van der Waals surface area contributed by atoms with Crippen LogP contribution in [0, 0.1) is 5.82 Å². The summed E-state index contributed by atoms with van der Waals surface area (Å²) in [6.07, 6.45) is 3.22. The van der Waals surface area contributed by atoms with Crippen LogP contribution < -0.4 is 5.32 Å². The van der Waals surface area contributed by atoms with Crippen LogP contribution in [0.3, 0.4) is 0 Å². The lowest BCUT2D eigenvalue weighted by molar-refractivity contribution is 0.0807. The van der Waals surface area contributed by atoms with E-state index >= 15 is 0 Å². The summed E-state index contributed by atoms with van der Waals surface area (Å²) in [4.78, 5) is 0. The van der Waals surface area contributed by atoms with Crippen LogP contribution in [0.15, 0.2) is 22.7 Å². The van der Waals surface area contributed by atoms with Crippen molar-refractivity contribution in [3.8, 4) is 0 Å². The summed E-state index contributed by atoms with van der Waals surface area (Å²) >= 11 is 3.30. The third kappa shape index (κ3) is 3.06. The Morgan fingerprint density at radius 3 is 3.06 bits per heavy atom. The van der Waals surface area contributed by atoms with Crippen molar-refractivity contribution < 1.29 is 9.13 Å². The van der Waals surface area contributed by atoms with Crippen LogP contribution in [-0.4, -0.2) is 25.8 Å². The summed E-state index contributed by atoms with van der Waals surface area (Å²) in [5.41, 5.74) is 0.986. The highest BCUT2D eigenvalue weighted by Gasteiger charge is 2.25. The molecule has 1 saturated heterocycles. The monoisotopic (exact) mass is 301 g/mol. The molecule has 1 aliphatic heterocycles. The van der Waals surface area contributed by atoms with Crippen LogP contribution in [0.2, 0.25) is 0 Å². The Balaban J connectivity index is 2.09. The second-order valence-electron chi connectivity index (χ2n) is 4.36. The summed E-state index contributed by atoms with van der Waals surface area (Å²) in [6, 6.07) is 5.41. The lowest BCUT2D eigenvalue weighted by Crippen LogP contribution is -2.39. The second-order valence-corrected chi connectivity index (χ2v) is 5.16. The maximum atomic E-state index is 13.4. The first-order valence-electron chi connectivity index (χ1n) is 5.94. The van der Waals surface area contributed by atoms with E-state index in [1.807, 2.05) is 13.1 Å². The third-order valence-electron chi connectivity index (χ3n) is 3.26. The van der Waals surface area contributed by atoms with Gasteiger partial charge in [-0.25, -0.2) is 4.39 Å². The molecule has 2 atom stereocenters. The molecule has 0 aromatic heterocycles. The van der Waals surface area contributed by atoms with Gasteiger partial charge >= 0.3 is 0 Å². The first kappa shape index (κ1) is 13.0. The number of hydrogen-bond acceptors (Lipinski definition) is 2. The van der Waals surface area contributed by atoms with Crippen molar-refractivity contribution in [1.82, 2.24) is 5.32 Å². The molecule has 0 saturated carbocycles. The van der Waals surface area contributed by atoms with Crippen LogP contribution in [0.1, 0.15) is 18.4 Å². The smallest absolute Gasteiger partial charge is 0.137 e. The Bertz CT molecular complexity index is 380. The van der Waals surface area contributed by atoms with Crippen molar-refractivity contribution in [1.29, 1.82) is 0 Å². The van der Waals surface area contributed by atoms with Crippen LogP contribution >= 0.6 is 15.9 Å². The molecular weight excluding hydrogens is 285 g/mol. The maximum Gasteiger partial charge on any atom is 0.137 e. The number of rotatable bonds is 4. The highest BCUT2D eigenvalue weighted by atomic mass is 79.9. The average molecular weight is 302 g/mol. The number of halogens is 2. The van der Waals surface area contributed by atoms with Crippen molar-refractivity contribution in [2.45, 2.75) is 31.4 Å². The predicted octanol–water partition coefficient (Wildman–Crippen LogP) is 2.90. The molecule has 2 nitrogen and oxygen atoms in total. The quantitative estimate of drug-likeness (QED) is 0.923. The van der Waals surface area contributed by atoms with E-state index in [4.69, 9.17) is 4.74 Å². The lowest BCUT2D eigenvalue weighted by atomic mass is 9.99. The molecule has 1 aliphatic rings. The van der Waals surface area contributed by atoms with Gasteiger partial charge in [-0.2, -0.15) is 0 Å². The van der Waals surface area contributed by atoms with E-state index in [2.05, 4.69) is 21.2 Å². The van der Waals surface area contributed by atoms with Crippen molar-refractivity contribution in [3.63, 3.8) is 0 Å². The van der Waals surface area contributed by atoms with Gasteiger partial charge in [-0.05, 0) is 53.9 Å². The van der Waals surface area contributed by atoms with E-state index in [0.29, 0.717) is 4.47 Å². The molecule has 0 bridgehead atoms. The minimum Gasteiger partial charge on any atom is -0.377 e. The van der Waals surface area contributed by atoms with Crippen molar-refractivity contribution in [2.75, 3.05) is 13.7 Å². The molecule has 1 N–H and O–H groups in total. The van der Waals surface area contributed by atoms with E-state index in [-0.39, 0.29) is 18.0 Å². The minimum absolute atomic E-state index is 0.204. The van der Waals surface area contributed by atoms with Gasteiger partial charge in [0.05, 0.1) is 10.6 Å². The third-order valence-corrected chi connectivity index (χ3v) is 4.14. The van der Waals surface area contributed by atoms with E-state index in [0.717, 1.165) is 31.4 Å². The molecule has 17 heavy (non-hydrogen) atoms. The van der Waals surface area contributed by atoms with Gasteiger partial charge < -0.3 is 10.1 Å². The second kappa shape index (κ2) is 5.94. The SMILES string of the molecule is CNC(Cc1cccc(F)c1Br)C1CCCO1. The first-order chi connectivity index (χ1) is 8.22. The van der Waals surface area contributed by atoms with E-state index in [1.54, 1.807) is 6.07 Å². The number of likely N-dealkylation sites (N-methyl/N-ethyl adjacent to an activating group) is 1. The van der Waals surface area contributed by atoms with Gasteiger partial charge in [-0.3, -0.25) is 0 Å². The molecule has 0 spiro atoms. The van der Waals surface area contributed by atoms with E-state index in [9.17, 15) is 4.39 Å². The highest BCUT2D eigenvalue weighted by molar-refractivity contribution is 9.10. The van der Waals surface area contributed by atoms with Crippen LogP contribution in [0.5, 0.6) is 0 Å². The van der Waals surface area contributed by atoms with Gasteiger partial charge in [0, 0.05) is 12.6 Å². The van der Waals surface area contributed by atoms with Gasteiger partial charge in [0.1, 0.15) is 5.82 Å². The predicted molar refractivity (Wildman–Crippen MR) is 69.6 cm³/mol. The van der Waals surface area contributed by atoms with Gasteiger partial charge in [0.15, 0.2) is 0 Å². The Morgan fingerprint density at radius 1 is 1.59 bits per heavy atom. The molecule has 1 fully saturated rings. The average Bonchev–Trinajstić information content (AvgIpc) is 2.85. The molecule has 0 amide bonds. The Morgan fingerprint density at radius 2 is 2.41 bits per heavy atom.